The first-order valence-corrected chi connectivity index (χ1v) is 5.95. The van der Waals surface area contributed by atoms with Crippen molar-refractivity contribution in [2.45, 2.75) is 45.1 Å². The van der Waals surface area contributed by atoms with Gasteiger partial charge in [-0.3, -0.25) is 4.79 Å². The summed E-state index contributed by atoms with van der Waals surface area (Å²) in [6.45, 7) is 6.53. The van der Waals surface area contributed by atoms with Crippen molar-refractivity contribution in [3.05, 3.63) is 35.4 Å². The van der Waals surface area contributed by atoms with Gasteiger partial charge in [-0.15, -0.1) is 0 Å². The van der Waals surface area contributed by atoms with E-state index in [2.05, 4.69) is 32.9 Å². The summed E-state index contributed by atoms with van der Waals surface area (Å²) in [5, 5.41) is 0. The zero-order valence-corrected chi connectivity index (χ0v) is 10.9. The van der Waals surface area contributed by atoms with Crippen LogP contribution in [0.25, 0.3) is 0 Å². The normalized spacial score (nSPS) is 13.4. The van der Waals surface area contributed by atoms with E-state index >= 15 is 0 Å². The molecule has 4 N–H and O–H groups in total. The highest BCUT2D eigenvalue weighted by molar-refractivity contribution is 5.73. The summed E-state index contributed by atoms with van der Waals surface area (Å²) in [6.07, 6.45) is 0.937. The number of carbonyl (C=O) groups excluding carboxylic acids is 1. The summed E-state index contributed by atoms with van der Waals surface area (Å²) in [5.74, 6) is -0.299. The van der Waals surface area contributed by atoms with Crippen LogP contribution in [-0.4, -0.2) is 5.91 Å². The average molecular weight is 234 g/mol. The predicted molar refractivity (Wildman–Crippen MR) is 70.5 cm³/mol. The number of rotatable bonds is 4. The van der Waals surface area contributed by atoms with Crippen LogP contribution in [-0.2, 0) is 10.2 Å². The molecule has 0 fully saturated rings. The SMILES string of the molecule is CC(C)(C)c1ccc(C(N)CCC(N)=O)cc1. The van der Waals surface area contributed by atoms with E-state index in [-0.39, 0.29) is 17.4 Å². The van der Waals surface area contributed by atoms with Crippen molar-refractivity contribution in [1.29, 1.82) is 0 Å². The first-order chi connectivity index (χ1) is 7.80. The summed E-state index contributed by atoms with van der Waals surface area (Å²) in [6, 6.07) is 8.15. The molecule has 0 saturated carbocycles. The molecule has 0 aliphatic carbocycles. The van der Waals surface area contributed by atoms with Gasteiger partial charge in [0.15, 0.2) is 0 Å². The third-order valence-corrected chi connectivity index (χ3v) is 2.91. The standard InChI is InChI=1S/C14H22N2O/c1-14(2,3)11-6-4-10(5-7-11)12(15)8-9-13(16)17/h4-7,12H,8-9,15H2,1-3H3,(H2,16,17). The fourth-order valence-corrected chi connectivity index (χ4v) is 1.69. The molecule has 94 valence electrons. The summed E-state index contributed by atoms with van der Waals surface area (Å²) in [5.41, 5.74) is 13.6. The molecule has 17 heavy (non-hydrogen) atoms. The van der Waals surface area contributed by atoms with Crippen molar-refractivity contribution in [3.63, 3.8) is 0 Å². The molecule has 0 aliphatic rings. The van der Waals surface area contributed by atoms with Crippen molar-refractivity contribution >= 4 is 5.91 Å². The first-order valence-electron chi connectivity index (χ1n) is 5.95. The van der Waals surface area contributed by atoms with Crippen molar-refractivity contribution < 1.29 is 4.79 Å². The molecule has 1 aromatic rings. The number of primary amides is 1. The van der Waals surface area contributed by atoms with Gasteiger partial charge in [0.1, 0.15) is 0 Å². The maximum atomic E-state index is 10.7. The Bertz CT molecular complexity index is 376. The molecule has 0 spiro atoms. The molecular weight excluding hydrogens is 212 g/mol. The largest absolute Gasteiger partial charge is 0.370 e. The van der Waals surface area contributed by atoms with E-state index in [4.69, 9.17) is 11.5 Å². The van der Waals surface area contributed by atoms with Crippen molar-refractivity contribution in [3.8, 4) is 0 Å². The van der Waals surface area contributed by atoms with Gasteiger partial charge in [0.2, 0.25) is 5.91 Å². The molecule has 1 atom stereocenters. The minimum Gasteiger partial charge on any atom is -0.370 e. The van der Waals surface area contributed by atoms with Gasteiger partial charge in [-0.2, -0.15) is 0 Å². The summed E-state index contributed by atoms with van der Waals surface area (Å²) in [7, 11) is 0. The Balaban J connectivity index is 2.70. The smallest absolute Gasteiger partial charge is 0.217 e. The zero-order valence-electron chi connectivity index (χ0n) is 10.9. The lowest BCUT2D eigenvalue weighted by atomic mass is 9.86. The van der Waals surface area contributed by atoms with Crippen LogP contribution in [0.15, 0.2) is 24.3 Å². The molecular formula is C14H22N2O. The Labute approximate surface area is 103 Å². The molecule has 0 bridgehead atoms. The molecule has 1 rings (SSSR count). The number of nitrogens with two attached hydrogens (primary N) is 2. The molecule has 3 nitrogen and oxygen atoms in total. The van der Waals surface area contributed by atoms with Gasteiger partial charge < -0.3 is 11.5 Å². The predicted octanol–water partition coefficient (Wildman–Crippen LogP) is 2.25. The topological polar surface area (TPSA) is 69.1 Å². The molecule has 1 aromatic carbocycles. The van der Waals surface area contributed by atoms with E-state index < -0.39 is 0 Å². The highest BCUT2D eigenvalue weighted by Gasteiger charge is 2.14. The van der Waals surface area contributed by atoms with Gasteiger partial charge in [-0.25, -0.2) is 0 Å². The van der Waals surface area contributed by atoms with Crippen LogP contribution in [0.4, 0.5) is 0 Å². The van der Waals surface area contributed by atoms with Crippen LogP contribution in [0.5, 0.6) is 0 Å². The lowest BCUT2D eigenvalue weighted by Crippen LogP contribution is -2.17. The third kappa shape index (κ3) is 4.19. The molecule has 0 aliphatic heterocycles. The van der Waals surface area contributed by atoms with E-state index in [1.54, 1.807) is 0 Å². The van der Waals surface area contributed by atoms with Gasteiger partial charge >= 0.3 is 0 Å². The Morgan fingerprint density at radius 3 is 2.18 bits per heavy atom. The van der Waals surface area contributed by atoms with Crippen molar-refractivity contribution in [2.75, 3.05) is 0 Å². The summed E-state index contributed by atoms with van der Waals surface area (Å²) >= 11 is 0. The highest BCUT2D eigenvalue weighted by atomic mass is 16.1. The number of amides is 1. The van der Waals surface area contributed by atoms with Crippen LogP contribution in [0.1, 0.15) is 50.8 Å². The van der Waals surface area contributed by atoms with Gasteiger partial charge in [-0.05, 0) is 23.0 Å². The second-order valence-electron chi connectivity index (χ2n) is 5.48. The van der Waals surface area contributed by atoms with Crippen LogP contribution in [0.2, 0.25) is 0 Å². The van der Waals surface area contributed by atoms with Crippen molar-refractivity contribution in [1.82, 2.24) is 0 Å². The number of benzene rings is 1. The molecule has 0 saturated heterocycles. The molecule has 3 heteroatoms. The average Bonchev–Trinajstić information content (AvgIpc) is 2.25. The van der Waals surface area contributed by atoms with Crippen LogP contribution < -0.4 is 11.5 Å². The molecule has 1 unspecified atom stereocenters. The lowest BCUT2D eigenvalue weighted by molar-refractivity contribution is -0.118. The quantitative estimate of drug-likeness (QED) is 0.839. The summed E-state index contributed by atoms with van der Waals surface area (Å²) < 4.78 is 0. The Hall–Kier alpha value is -1.35. The van der Waals surface area contributed by atoms with Gasteiger partial charge in [0.05, 0.1) is 0 Å². The number of carbonyl (C=O) groups is 1. The molecule has 1 amide bonds. The second kappa shape index (κ2) is 5.32. The van der Waals surface area contributed by atoms with E-state index in [9.17, 15) is 4.79 Å². The lowest BCUT2D eigenvalue weighted by Gasteiger charge is -2.20. The van der Waals surface area contributed by atoms with Crippen LogP contribution in [0, 0.1) is 0 Å². The van der Waals surface area contributed by atoms with E-state index in [0.29, 0.717) is 12.8 Å². The molecule has 0 radical (unpaired) electrons. The van der Waals surface area contributed by atoms with E-state index in [0.717, 1.165) is 5.56 Å². The number of hydrogen-bond acceptors (Lipinski definition) is 2. The minimum atomic E-state index is -0.299. The second-order valence-corrected chi connectivity index (χ2v) is 5.48. The zero-order chi connectivity index (χ0) is 13.1. The molecule has 0 heterocycles. The van der Waals surface area contributed by atoms with Gasteiger partial charge in [0, 0.05) is 12.5 Å². The Morgan fingerprint density at radius 1 is 1.24 bits per heavy atom. The third-order valence-electron chi connectivity index (χ3n) is 2.91. The van der Waals surface area contributed by atoms with E-state index in [1.807, 2.05) is 12.1 Å². The van der Waals surface area contributed by atoms with Crippen LogP contribution >= 0.6 is 0 Å². The fraction of sp³-hybridized carbons (Fsp3) is 0.500. The van der Waals surface area contributed by atoms with Crippen LogP contribution in [0.3, 0.4) is 0 Å². The fourth-order valence-electron chi connectivity index (χ4n) is 1.69. The number of hydrogen-bond donors (Lipinski definition) is 2. The van der Waals surface area contributed by atoms with Gasteiger partial charge in [-0.1, -0.05) is 45.0 Å². The maximum absolute atomic E-state index is 10.7. The molecule has 0 aromatic heterocycles. The first kappa shape index (κ1) is 13.7. The maximum Gasteiger partial charge on any atom is 0.217 e. The van der Waals surface area contributed by atoms with Gasteiger partial charge in [0.25, 0.3) is 0 Å². The van der Waals surface area contributed by atoms with Crippen molar-refractivity contribution in [2.24, 2.45) is 11.5 Å². The summed E-state index contributed by atoms with van der Waals surface area (Å²) in [4.78, 5) is 10.7. The monoisotopic (exact) mass is 234 g/mol. The van der Waals surface area contributed by atoms with E-state index in [1.165, 1.54) is 5.56 Å². The minimum absolute atomic E-state index is 0.114. The Morgan fingerprint density at radius 2 is 1.76 bits per heavy atom. The highest BCUT2D eigenvalue weighted by Crippen LogP contribution is 2.24. The Kier molecular flexibility index (Phi) is 4.29.